The fourth-order valence-electron chi connectivity index (χ4n) is 7.47. The van der Waals surface area contributed by atoms with Crippen LogP contribution in [0.25, 0.3) is 0 Å². The second-order valence-electron chi connectivity index (χ2n) is 14.9. The van der Waals surface area contributed by atoms with Gasteiger partial charge < -0.3 is 39.1 Å². The van der Waals surface area contributed by atoms with Gasteiger partial charge in [-0.3, -0.25) is 9.59 Å². The van der Waals surface area contributed by atoms with Crippen LogP contribution in [0.1, 0.15) is 78.1 Å². The van der Waals surface area contributed by atoms with Crippen LogP contribution in [0, 0.1) is 17.8 Å². The molecule has 4 aromatic rings. The highest BCUT2D eigenvalue weighted by Gasteiger charge is 2.34. The van der Waals surface area contributed by atoms with Crippen molar-refractivity contribution in [3.05, 3.63) is 119 Å². The number of carbonyl (C=O) groups is 3. The molecule has 1 amide bonds. The lowest BCUT2D eigenvalue weighted by Gasteiger charge is -2.34. The molecule has 0 saturated carbocycles. The maximum atomic E-state index is 13.5. The van der Waals surface area contributed by atoms with Crippen LogP contribution >= 0.6 is 0 Å². The number of aldehydes is 1. The Morgan fingerprint density at radius 2 is 1.61 bits per heavy atom. The number of Topliss-reactive ketones (excluding diaryl/α,β-unsaturated/α-hetero) is 1. The maximum Gasteiger partial charge on any atom is 0.219 e. The third-order valence-corrected chi connectivity index (χ3v) is 11.2. The van der Waals surface area contributed by atoms with Gasteiger partial charge in [0, 0.05) is 67.4 Å². The number of nitrogens with zero attached hydrogens (tertiary/aromatic N) is 1. The smallest absolute Gasteiger partial charge is 0.219 e. The van der Waals surface area contributed by atoms with E-state index >= 15 is 0 Å². The third-order valence-electron chi connectivity index (χ3n) is 11.2. The molecule has 10 heteroatoms. The average molecular weight is 779 g/mol. The molecule has 1 aliphatic rings. The average Bonchev–Trinajstić information content (AvgIpc) is 3.24. The van der Waals surface area contributed by atoms with Gasteiger partial charge in [-0.05, 0) is 78.9 Å². The van der Waals surface area contributed by atoms with Gasteiger partial charge in [-0.15, -0.1) is 0 Å². The topological polar surface area (TPSA) is 124 Å². The molecule has 57 heavy (non-hydrogen) atoms. The van der Waals surface area contributed by atoms with E-state index in [1.807, 2.05) is 70.3 Å². The summed E-state index contributed by atoms with van der Waals surface area (Å²) in [6.07, 6.45) is 2.20. The third kappa shape index (κ3) is 11.7. The molecule has 1 heterocycles. The van der Waals surface area contributed by atoms with Crippen molar-refractivity contribution in [1.29, 1.82) is 0 Å². The summed E-state index contributed by atoms with van der Waals surface area (Å²) < 4.78 is 24.0. The Bertz CT molecular complexity index is 1900. The van der Waals surface area contributed by atoms with Crippen LogP contribution in [0.3, 0.4) is 0 Å². The number of carbonyl (C=O) groups excluding carboxylic acids is 3. The number of hydrogen-bond donors (Lipinski definition) is 2. The number of phenols is 1. The summed E-state index contributed by atoms with van der Waals surface area (Å²) in [7, 11) is 3.61. The fourth-order valence-corrected chi connectivity index (χ4v) is 7.47. The van der Waals surface area contributed by atoms with Crippen molar-refractivity contribution in [3.8, 4) is 23.0 Å². The molecule has 0 aromatic heterocycles. The van der Waals surface area contributed by atoms with Crippen LogP contribution in [-0.2, 0) is 20.7 Å². The van der Waals surface area contributed by atoms with E-state index in [9.17, 15) is 19.5 Å². The van der Waals surface area contributed by atoms with E-state index in [1.54, 1.807) is 19.2 Å². The number of aryl methyl sites for hydroxylation is 1. The van der Waals surface area contributed by atoms with Gasteiger partial charge in [-0.25, -0.2) is 0 Å². The lowest BCUT2D eigenvalue weighted by Crippen LogP contribution is -2.28. The predicted octanol–water partition coefficient (Wildman–Crippen LogP) is 7.47. The number of phenolic OH excluding ortho intramolecular Hbond substituents is 1. The molecule has 0 aliphatic carbocycles. The van der Waals surface area contributed by atoms with Crippen molar-refractivity contribution in [3.63, 3.8) is 0 Å². The normalized spacial score (nSPS) is 16.5. The Hall–Kier alpha value is -5.19. The molecule has 0 fully saturated rings. The van der Waals surface area contributed by atoms with E-state index in [0.29, 0.717) is 57.2 Å². The Kier molecular flexibility index (Phi) is 16.1. The van der Waals surface area contributed by atoms with Crippen molar-refractivity contribution < 1.29 is 38.4 Å². The highest BCUT2D eigenvalue weighted by Crippen LogP contribution is 2.47. The maximum absolute atomic E-state index is 13.5. The number of fused-ring (bicyclic) bond motifs is 1. The number of nitrogens with one attached hydrogen (secondary N) is 1. The molecule has 2 N–H and O–H groups in total. The van der Waals surface area contributed by atoms with Gasteiger partial charge in [0.05, 0.1) is 19.8 Å². The van der Waals surface area contributed by atoms with Crippen molar-refractivity contribution in [2.75, 3.05) is 60.2 Å². The molecule has 0 bridgehead atoms. The minimum atomic E-state index is -0.375. The number of rotatable bonds is 22. The Morgan fingerprint density at radius 1 is 0.895 bits per heavy atom. The second-order valence-corrected chi connectivity index (χ2v) is 14.9. The van der Waals surface area contributed by atoms with E-state index < -0.39 is 0 Å². The van der Waals surface area contributed by atoms with Crippen LogP contribution in [0.5, 0.6) is 23.0 Å². The fraction of sp³-hybridized carbons (Fsp3) is 0.426. The highest BCUT2D eigenvalue weighted by molar-refractivity contribution is 5.99. The minimum absolute atomic E-state index is 0.00845. The van der Waals surface area contributed by atoms with Crippen LogP contribution in [0.15, 0.2) is 91.0 Å². The monoisotopic (exact) mass is 778 g/mol. The summed E-state index contributed by atoms with van der Waals surface area (Å²) in [6.45, 7) is 9.68. The molecule has 5 unspecified atom stereocenters. The van der Waals surface area contributed by atoms with Crippen LogP contribution in [0.4, 0.5) is 0 Å². The molecule has 304 valence electrons. The number of ketones is 1. The summed E-state index contributed by atoms with van der Waals surface area (Å²) in [5.74, 6) is 1.55. The van der Waals surface area contributed by atoms with E-state index in [1.165, 1.54) is 11.1 Å². The van der Waals surface area contributed by atoms with E-state index in [-0.39, 0.29) is 53.5 Å². The number of likely N-dealkylation sites (N-methyl/N-ethyl adjacent to an activating group) is 1. The Morgan fingerprint density at radius 3 is 2.33 bits per heavy atom. The number of ether oxygens (including phenoxy) is 4. The van der Waals surface area contributed by atoms with Crippen LogP contribution in [-0.4, -0.2) is 88.2 Å². The number of aromatic hydroxyl groups is 1. The Balaban J connectivity index is 1.02. The first kappa shape index (κ1) is 42.9. The summed E-state index contributed by atoms with van der Waals surface area (Å²) in [5, 5.41) is 12.7. The first-order chi connectivity index (χ1) is 27.6. The molecule has 10 nitrogen and oxygen atoms in total. The van der Waals surface area contributed by atoms with E-state index in [4.69, 9.17) is 18.9 Å². The molecular formula is C47H58N2O8. The van der Waals surface area contributed by atoms with Gasteiger partial charge in [0.2, 0.25) is 5.91 Å². The highest BCUT2D eigenvalue weighted by atomic mass is 16.5. The lowest BCUT2D eigenvalue weighted by molar-refractivity contribution is -0.121. The SMILES string of the molecule is CCc1cc(OCCOCCN(C)CCOc2ccc(C3c4ccc(O)cc4OCC3c3ccccc3)cc2)ccc1C(=O)C(C)C(C)C(C=O)CCC(=O)NC. The first-order valence-electron chi connectivity index (χ1n) is 20.1. The number of hydrogen-bond acceptors (Lipinski definition) is 9. The van der Waals surface area contributed by atoms with Crippen LogP contribution < -0.4 is 19.5 Å². The predicted molar refractivity (Wildman–Crippen MR) is 222 cm³/mol. The summed E-state index contributed by atoms with van der Waals surface area (Å²) in [4.78, 5) is 39.2. The zero-order valence-corrected chi connectivity index (χ0v) is 33.9. The first-order valence-corrected chi connectivity index (χ1v) is 20.1. The molecular weight excluding hydrogens is 721 g/mol. The van der Waals surface area contributed by atoms with Gasteiger partial charge in [0.15, 0.2) is 5.78 Å². The second kappa shape index (κ2) is 21.4. The van der Waals surface area contributed by atoms with Gasteiger partial charge in [-0.1, -0.05) is 69.3 Å². The van der Waals surface area contributed by atoms with Crippen molar-refractivity contribution >= 4 is 18.0 Å². The Labute approximate surface area is 337 Å². The quantitative estimate of drug-likeness (QED) is 0.0476. The van der Waals surface area contributed by atoms with Crippen LogP contribution in [0.2, 0.25) is 0 Å². The molecule has 0 saturated heterocycles. The van der Waals surface area contributed by atoms with Crippen molar-refractivity contribution in [1.82, 2.24) is 10.2 Å². The number of benzene rings is 4. The molecule has 1 aliphatic heterocycles. The molecule has 5 atom stereocenters. The van der Waals surface area contributed by atoms with Gasteiger partial charge in [0.1, 0.15) is 42.5 Å². The molecule has 5 rings (SSSR count). The van der Waals surface area contributed by atoms with Gasteiger partial charge >= 0.3 is 0 Å². The van der Waals surface area contributed by atoms with E-state index in [0.717, 1.165) is 42.0 Å². The summed E-state index contributed by atoms with van der Waals surface area (Å²) >= 11 is 0. The zero-order valence-electron chi connectivity index (χ0n) is 33.9. The standard InChI is InChI=1S/C47H58N2O8/c1-6-34-28-40(18-20-41(34)47(53)33(3)32(2)37(30-50)14-21-45(52)48-4)56-27-26-54-24-22-49(5)23-25-55-39-16-12-36(13-17-39)46-42-19-15-38(51)29-44(42)57-31-43(46)35-10-8-7-9-11-35/h7-13,15-20,28-30,32-33,37,43,46,51H,6,14,21-27,31H2,1-5H3,(H,48,52). The minimum Gasteiger partial charge on any atom is -0.508 e. The van der Waals surface area contributed by atoms with Crippen molar-refractivity contribution in [2.24, 2.45) is 17.8 Å². The lowest BCUT2D eigenvalue weighted by atomic mass is 9.76. The van der Waals surface area contributed by atoms with E-state index in [2.05, 4.69) is 46.6 Å². The van der Waals surface area contributed by atoms with Gasteiger partial charge in [0.25, 0.3) is 0 Å². The zero-order chi connectivity index (χ0) is 40.7. The summed E-state index contributed by atoms with van der Waals surface area (Å²) in [6, 6.07) is 29.6. The molecule has 0 radical (unpaired) electrons. The van der Waals surface area contributed by atoms with Gasteiger partial charge in [-0.2, -0.15) is 0 Å². The largest absolute Gasteiger partial charge is 0.508 e. The summed E-state index contributed by atoms with van der Waals surface area (Å²) in [5.41, 5.74) is 4.98. The molecule has 0 spiro atoms. The number of amides is 1. The van der Waals surface area contributed by atoms with Crippen molar-refractivity contribution in [2.45, 2.75) is 51.9 Å². The molecule has 4 aromatic carbocycles.